The highest BCUT2D eigenvalue weighted by molar-refractivity contribution is 7.14. The summed E-state index contributed by atoms with van der Waals surface area (Å²) in [4.78, 5) is 0. The molecule has 2 rings (SSSR count). The highest BCUT2D eigenvalue weighted by atomic mass is 32.1. The largest absolute Gasteiger partial charge is 0.313 e. The molecule has 3 nitrogen and oxygen atoms in total. The highest BCUT2D eigenvalue weighted by Crippen LogP contribution is 2.25. The molecule has 0 saturated carbocycles. The summed E-state index contributed by atoms with van der Waals surface area (Å²) in [6.07, 6.45) is 0. The van der Waals surface area contributed by atoms with Crippen molar-refractivity contribution in [3.05, 3.63) is 34.3 Å². The van der Waals surface area contributed by atoms with Crippen LogP contribution in [0.2, 0.25) is 0 Å². The zero-order valence-corrected chi connectivity index (χ0v) is 10.6. The van der Waals surface area contributed by atoms with Crippen LogP contribution in [0.1, 0.15) is 16.1 Å². The molecule has 0 atom stereocenters. The van der Waals surface area contributed by atoms with Crippen LogP contribution in [-0.4, -0.2) is 17.2 Å². The van der Waals surface area contributed by atoms with E-state index in [1.165, 1.54) is 11.1 Å². The van der Waals surface area contributed by atoms with Crippen LogP contribution in [0.15, 0.2) is 18.2 Å². The number of rotatable bonds is 3. The molecule has 84 valence electrons. The lowest BCUT2D eigenvalue weighted by atomic mass is 10.1. The molecule has 0 aliphatic carbocycles. The van der Waals surface area contributed by atoms with Gasteiger partial charge in [-0.15, -0.1) is 10.2 Å². The minimum atomic E-state index is 0.780. The molecule has 0 fully saturated rings. The van der Waals surface area contributed by atoms with Crippen molar-refractivity contribution < 1.29 is 0 Å². The summed E-state index contributed by atoms with van der Waals surface area (Å²) in [7, 11) is 1.91. The predicted octanol–water partition coefficient (Wildman–Crippen LogP) is 2.54. The van der Waals surface area contributed by atoms with Gasteiger partial charge in [-0.3, -0.25) is 0 Å². The summed E-state index contributed by atoms with van der Waals surface area (Å²) >= 11 is 1.64. The third-order valence-corrected chi connectivity index (χ3v) is 3.52. The molecule has 0 radical (unpaired) electrons. The first-order chi connectivity index (χ1) is 7.70. The third-order valence-electron chi connectivity index (χ3n) is 2.55. The molecule has 0 bridgehead atoms. The Labute approximate surface area is 99.5 Å². The Morgan fingerprint density at radius 1 is 1.19 bits per heavy atom. The van der Waals surface area contributed by atoms with Gasteiger partial charge >= 0.3 is 0 Å². The second-order valence-corrected chi connectivity index (χ2v) is 4.89. The molecule has 1 heterocycles. The summed E-state index contributed by atoms with van der Waals surface area (Å²) in [5.74, 6) is 0. The van der Waals surface area contributed by atoms with Crippen LogP contribution in [0.25, 0.3) is 10.6 Å². The maximum Gasteiger partial charge on any atom is 0.147 e. The minimum Gasteiger partial charge on any atom is -0.313 e. The van der Waals surface area contributed by atoms with E-state index < -0.39 is 0 Å². The van der Waals surface area contributed by atoms with Gasteiger partial charge < -0.3 is 5.32 Å². The Hall–Kier alpha value is -1.26. The van der Waals surface area contributed by atoms with Gasteiger partial charge in [0.1, 0.15) is 10.0 Å². The van der Waals surface area contributed by atoms with Crippen LogP contribution < -0.4 is 5.32 Å². The number of hydrogen-bond acceptors (Lipinski definition) is 4. The van der Waals surface area contributed by atoms with Gasteiger partial charge in [-0.1, -0.05) is 23.5 Å². The molecule has 1 aromatic carbocycles. The van der Waals surface area contributed by atoms with Crippen LogP contribution in [0, 0.1) is 13.8 Å². The average molecular weight is 233 g/mol. The Kier molecular flexibility index (Phi) is 3.31. The molecule has 0 unspecified atom stereocenters. The summed E-state index contributed by atoms with van der Waals surface area (Å²) in [6.45, 7) is 5.02. The lowest BCUT2D eigenvalue weighted by molar-refractivity contribution is 0.795. The third kappa shape index (κ3) is 2.28. The van der Waals surface area contributed by atoms with Crippen molar-refractivity contribution in [2.75, 3.05) is 7.05 Å². The summed E-state index contributed by atoms with van der Waals surface area (Å²) in [5, 5.41) is 13.4. The Bertz CT molecular complexity index is 491. The van der Waals surface area contributed by atoms with Crippen LogP contribution in [-0.2, 0) is 6.54 Å². The van der Waals surface area contributed by atoms with Gasteiger partial charge in [0.05, 0.1) is 0 Å². The molecule has 16 heavy (non-hydrogen) atoms. The van der Waals surface area contributed by atoms with Crippen molar-refractivity contribution in [2.24, 2.45) is 0 Å². The fourth-order valence-electron chi connectivity index (χ4n) is 1.47. The zero-order valence-electron chi connectivity index (χ0n) is 9.74. The molecule has 1 N–H and O–H groups in total. The summed E-state index contributed by atoms with van der Waals surface area (Å²) in [6, 6.07) is 6.40. The Morgan fingerprint density at radius 2 is 2.00 bits per heavy atom. The molecular weight excluding hydrogens is 218 g/mol. The van der Waals surface area contributed by atoms with Crippen LogP contribution in [0.4, 0.5) is 0 Å². The molecule has 2 aromatic rings. The second-order valence-electron chi connectivity index (χ2n) is 3.83. The Balaban J connectivity index is 2.31. The van der Waals surface area contributed by atoms with E-state index in [0.717, 1.165) is 22.1 Å². The maximum absolute atomic E-state index is 4.20. The van der Waals surface area contributed by atoms with E-state index >= 15 is 0 Å². The van der Waals surface area contributed by atoms with E-state index in [0.29, 0.717) is 0 Å². The lowest BCUT2D eigenvalue weighted by Crippen LogP contribution is -2.04. The number of hydrogen-bond donors (Lipinski definition) is 1. The number of aromatic nitrogens is 2. The summed E-state index contributed by atoms with van der Waals surface area (Å²) < 4.78 is 0. The van der Waals surface area contributed by atoms with Crippen molar-refractivity contribution in [1.29, 1.82) is 0 Å². The highest BCUT2D eigenvalue weighted by Gasteiger charge is 2.06. The smallest absolute Gasteiger partial charge is 0.147 e. The zero-order chi connectivity index (χ0) is 11.5. The van der Waals surface area contributed by atoms with Gasteiger partial charge in [0.25, 0.3) is 0 Å². The molecular formula is C12H15N3S. The van der Waals surface area contributed by atoms with Gasteiger partial charge in [-0.2, -0.15) is 0 Å². The van der Waals surface area contributed by atoms with Crippen molar-refractivity contribution in [2.45, 2.75) is 20.4 Å². The van der Waals surface area contributed by atoms with E-state index in [2.05, 4.69) is 47.6 Å². The van der Waals surface area contributed by atoms with Crippen LogP contribution >= 0.6 is 11.3 Å². The van der Waals surface area contributed by atoms with Gasteiger partial charge in [0.15, 0.2) is 0 Å². The molecule has 0 aliphatic heterocycles. The van der Waals surface area contributed by atoms with E-state index in [9.17, 15) is 0 Å². The first kappa shape index (κ1) is 11.2. The number of nitrogens with zero attached hydrogens (tertiary/aromatic N) is 2. The van der Waals surface area contributed by atoms with Gasteiger partial charge in [0.2, 0.25) is 0 Å². The quantitative estimate of drug-likeness (QED) is 0.885. The normalized spacial score (nSPS) is 10.7. The first-order valence-corrected chi connectivity index (χ1v) is 6.07. The molecule has 4 heteroatoms. The van der Waals surface area contributed by atoms with Crippen molar-refractivity contribution in [3.63, 3.8) is 0 Å². The van der Waals surface area contributed by atoms with E-state index in [1.807, 2.05) is 7.05 Å². The molecule has 0 aliphatic rings. The maximum atomic E-state index is 4.20. The molecule has 0 spiro atoms. The van der Waals surface area contributed by atoms with E-state index in [-0.39, 0.29) is 0 Å². The minimum absolute atomic E-state index is 0.780. The number of aryl methyl sites for hydroxylation is 2. The van der Waals surface area contributed by atoms with E-state index in [4.69, 9.17) is 0 Å². The fraction of sp³-hybridized carbons (Fsp3) is 0.333. The van der Waals surface area contributed by atoms with Gasteiger partial charge in [0, 0.05) is 12.1 Å². The molecule has 0 amide bonds. The van der Waals surface area contributed by atoms with Gasteiger partial charge in [-0.25, -0.2) is 0 Å². The van der Waals surface area contributed by atoms with Crippen molar-refractivity contribution >= 4 is 11.3 Å². The summed E-state index contributed by atoms with van der Waals surface area (Å²) in [5.41, 5.74) is 3.76. The van der Waals surface area contributed by atoms with Crippen LogP contribution in [0.3, 0.4) is 0 Å². The number of nitrogens with one attached hydrogen (secondary N) is 1. The number of benzene rings is 1. The average Bonchev–Trinajstić information content (AvgIpc) is 2.71. The first-order valence-electron chi connectivity index (χ1n) is 5.25. The predicted molar refractivity (Wildman–Crippen MR) is 67.6 cm³/mol. The van der Waals surface area contributed by atoms with Gasteiger partial charge in [-0.05, 0) is 38.1 Å². The monoisotopic (exact) mass is 233 g/mol. The van der Waals surface area contributed by atoms with Crippen molar-refractivity contribution in [3.8, 4) is 10.6 Å². The second kappa shape index (κ2) is 4.72. The lowest BCUT2D eigenvalue weighted by Gasteiger charge is -2.01. The van der Waals surface area contributed by atoms with Crippen LogP contribution in [0.5, 0.6) is 0 Å². The Morgan fingerprint density at radius 3 is 2.69 bits per heavy atom. The fourth-order valence-corrected chi connectivity index (χ4v) is 2.32. The molecule has 1 aromatic heterocycles. The standard InChI is InChI=1S/C12H15N3S/c1-8-4-5-10(6-9(8)2)12-15-14-11(16-12)7-13-3/h4-6,13H,7H2,1-3H3. The topological polar surface area (TPSA) is 37.8 Å². The molecule has 0 saturated heterocycles. The van der Waals surface area contributed by atoms with Crippen molar-refractivity contribution in [1.82, 2.24) is 15.5 Å². The SMILES string of the molecule is CNCc1nnc(-c2ccc(C)c(C)c2)s1. The van der Waals surface area contributed by atoms with E-state index in [1.54, 1.807) is 11.3 Å².